The van der Waals surface area contributed by atoms with Gasteiger partial charge in [0.05, 0.1) is 10.6 Å². The van der Waals surface area contributed by atoms with Crippen LogP contribution in [-0.2, 0) is 14.8 Å². The van der Waals surface area contributed by atoms with Gasteiger partial charge in [0.25, 0.3) is 5.56 Å². The average Bonchev–Trinajstić information content (AvgIpc) is 2.67. The number of benzene rings is 1. The molecule has 1 amide bonds. The number of carbonyl (C=O) groups is 1. The molecule has 144 valence electrons. The Morgan fingerprint density at radius 2 is 2.00 bits per heavy atom. The van der Waals surface area contributed by atoms with Crippen molar-refractivity contribution in [1.82, 2.24) is 14.3 Å². The summed E-state index contributed by atoms with van der Waals surface area (Å²) in [5.41, 5.74) is 0.122. The zero-order valence-corrected chi connectivity index (χ0v) is 16.2. The van der Waals surface area contributed by atoms with E-state index in [0.717, 1.165) is 31.0 Å². The van der Waals surface area contributed by atoms with Gasteiger partial charge < -0.3 is 10.3 Å². The molecule has 2 heterocycles. The number of carbonyl (C=O) groups excluding carboxylic acids is 1. The van der Waals surface area contributed by atoms with Gasteiger partial charge in [-0.05, 0) is 31.0 Å². The summed E-state index contributed by atoms with van der Waals surface area (Å²) >= 11 is 1.09. The molecular weight excluding hydrogens is 388 g/mol. The predicted octanol–water partition coefficient (Wildman–Crippen LogP) is 1.68. The smallest absolute Gasteiger partial charge is 0.251 e. The molecule has 1 aromatic heterocycles. The normalized spacial score (nSPS) is 15.4. The number of H-pyrrole nitrogens is 1. The maximum Gasteiger partial charge on any atom is 0.251 e. The topological polar surface area (TPSA) is 112 Å². The number of aromatic nitrogens is 2. The summed E-state index contributed by atoms with van der Waals surface area (Å²) in [4.78, 5) is 30.0. The number of nitrogens with zero attached hydrogens (tertiary/aromatic N) is 2. The van der Waals surface area contributed by atoms with Gasteiger partial charge in [-0.1, -0.05) is 24.2 Å². The standard InChI is InChI=1S/C17H20N4O4S2/c22-15-7-8-18-17(20-15)26-12-16(23)19-13-5-4-6-14(11-13)27(24,25)21-9-2-1-3-10-21/h4-8,11H,1-3,9-10,12H2,(H,19,23)(H,18,20,22). The van der Waals surface area contributed by atoms with Gasteiger partial charge in [0.1, 0.15) is 0 Å². The fourth-order valence-electron chi connectivity index (χ4n) is 2.74. The van der Waals surface area contributed by atoms with Crippen molar-refractivity contribution in [2.75, 3.05) is 24.2 Å². The molecule has 0 aliphatic carbocycles. The minimum Gasteiger partial charge on any atom is -0.325 e. The Balaban J connectivity index is 1.64. The van der Waals surface area contributed by atoms with E-state index in [1.54, 1.807) is 12.1 Å². The Morgan fingerprint density at radius 3 is 2.74 bits per heavy atom. The van der Waals surface area contributed by atoms with E-state index in [9.17, 15) is 18.0 Å². The summed E-state index contributed by atoms with van der Waals surface area (Å²) in [7, 11) is -3.55. The lowest BCUT2D eigenvalue weighted by Crippen LogP contribution is -2.35. The van der Waals surface area contributed by atoms with Crippen molar-refractivity contribution in [1.29, 1.82) is 0 Å². The van der Waals surface area contributed by atoms with Crippen molar-refractivity contribution in [3.8, 4) is 0 Å². The maximum atomic E-state index is 12.7. The Morgan fingerprint density at radius 1 is 1.22 bits per heavy atom. The summed E-state index contributed by atoms with van der Waals surface area (Å²) in [5.74, 6) is -0.283. The molecule has 2 aromatic rings. The van der Waals surface area contributed by atoms with Crippen LogP contribution >= 0.6 is 11.8 Å². The Kier molecular flexibility index (Phi) is 6.30. The second-order valence-corrected chi connectivity index (χ2v) is 8.97. The van der Waals surface area contributed by atoms with Gasteiger partial charge in [-0.3, -0.25) is 9.59 Å². The van der Waals surface area contributed by atoms with Gasteiger partial charge in [0, 0.05) is 31.0 Å². The van der Waals surface area contributed by atoms with Crippen molar-refractivity contribution >= 4 is 33.4 Å². The van der Waals surface area contributed by atoms with Crippen LogP contribution in [0.2, 0.25) is 0 Å². The van der Waals surface area contributed by atoms with Gasteiger partial charge >= 0.3 is 0 Å². The first-order chi connectivity index (χ1) is 12.9. The largest absolute Gasteiger partial charge is 0.325 e. The van der Waals surface area contributed by atoms with E-state index in [0.29, 0.717) is 23.9 Å². The molecule has 1 aromatic carbocycles. The number of rotatable bonds is 6. The number of nitrogens with one attached hydrogen (secondary N) is 2. The number of thioether (sulfide) groups is 1. The lowest BCUT2D eigenvalue weighted by atomic mass is 10.2. The minimum atomic E-state index is -3.55. The van der Waals surface area contributed by atoms with Crippen LogP contribution in [0.5, 0.6) is 0 Å². The van der Waals surface area contributed by atoms with Crippen molar-refractivity contribution in [3.63, 3.8) is 0 Å². The first-order valence-electron chi connectivity index (χ1n) is 8.53. The number of sulfonamides is 1. The first-order valence-corrected chi connectivity index (χ1v) is 11.0. The third-order valence-electron chi connectivity index (χ3n) is 4.06. The maximum absolute atomic E-state index is 12.7. The van der Waals surface area contributed by atoms with Crippen LogP contribution in [0, 0.1) is 0 Å². The summed E-state index contributed by atoms with van der Waals surface area (Å²) < 4.78 is 27.0. The number of aromatic amines is 1. The van der Waals surface area contributed by atoms with Crippen LogP contribution in [0.1, 0.15) is 19.3 Å². The van der Waals surface area contributed by atoms with E-state index in [4.69, 9.17) is 0 Å². The summed E-state index contributed by atoms with van der Waals surface area (Å²) in [6.07, 6.45) is 4.14. The fourth-order valence-corrected chi connectivity index (χ4v) is 4.96. The van der Waals surface area contributed by atoms with Crippen LogP contribution in [0.15, 0.2) is 51.4 Å². The SMILES string of the molecule is O=C(CSc1nccc(=O)[nH]1)Nc1cccc(S(=O)(=O)N2CCCCC2)c1. The highest BCUT2D eigenvalue weighted by atomic mass is 32.2. The summed E-state index contributed by atoms with van der Waals surface area (Å²) in [5, 5.41) is 3.03. The van der Waals surface area contributed by atoms with Gasteiger partial charge in [-0.2, -0.15) is 4.31 Å². The van der Waals surface area contributed by atoms with Crippen LogP contribution in [0.25, 0.3) is 0 Å². The minimum absolute atomic E-state index is 0.0378. The van der Waals surface area contributed by atoms with Crippen LogP contribution in [-0.4, -0.2) is 47.4 Å². The van der Waals surface area contributed by atoms with Gasteiger partial charge in [0.2, 0.25) is 15.9 Å². The molecule has 0 saturated carbocycles. The predicted molar refractivity (Wildman–Crippen MR) is 103 cm³/mol. The Bertz CT molecular complexity index is 969. The number of hydrogen-bond donors (Lipinski definition) is 2. The second-order valence-electron chi connectivity index (χ2n) is 6.07. The number of hydrogen-bond acceptors (Lipinski definition) is 6. The Hall–Kier alpha value is -2.17. The van der Waals surface area contributed by atoms with Gasteiger partial charge in [0.15, 0.2) is 5.16 Å². The fraction of sp³-hybridized carbons (Fsp3) is 0.353. The summed E-state index contributed by atoms with van der Waals surface area (Å²) in [6, 6.07) is 7.54. The first kappa shape index (κ1) is 19.6. The van der Waals surface area contributed by atoms with Crippen LogP contribution in [0.4, 0.5) is 5.69 Å². The van der Waals surface area contributed by atoms with E-state index < -0.39 is 10.0 Å². The molecule has 1 aliphatic heterocycles. The van der Waals surface area contributed by atoms with Crippen LogP contribution < -0.4 is 10.9 Å². The molecule has 0 spiro atoms. The quantitative estimate of drug-likeness (QED) is 0.555. The molecular formula is C17H20N4O4S2. The van der Waals surface area contributed by atoms with Gasteiger partial charge in [-0.25, -0.2) is 13.4 Å². The molecule has 1 aliphatic rings. The zero-order valence-electron chi connectivity index (χ0n) is 14.6. The molecule has 0 unspecified atom stereocenters. The van der Waals surface area contributed by atoms with Crippen molar-refractivity contribution in [2.24, 2.45) is 0 Å². The van der Waals surface area contributed by atoms with Crippen molar-refractivity contribution in [3.05, 3.63) is 46.9 Å². The molecule has 10 heteroatoms. The zero-order chi connectivity index (χ0) is 19.3. The number of anilines is 1. The highest BCUT2D eigenvalue weighted by molar-refractivity contribution is 7.99. The van der Waals surface area contributed by atoms with Crippen molar-refractivity contribution in [2.45, 2.75) is 29.3 Å². The second kappa shape index (κ2) is 8.68. The van der Waals surface area contributed by atoms with E-state index in [-0.39, 0.29) is 22.1 Å². The third kappa shape index (κ3) is 5.18. The summed E-state index contributed by atoms with van der Waals surface area (Å²) in [6.45, 7) is 1.05. The molecule has 0 radical (unpaired) electrons. The average molecular weight is 409 g/mol. The van der Waals surface area contributed by atoms with Crippen LogP contribution in [0.3, 0.4) is 0 Å². The lowest BCUT2D eigenvalue weighted by molar-refractivity contribution is -0.113. The van der Waals surface area contributed by atoms with E-state index in [1.165, 1.54) is 28.7 Å². The number of amides is 1. The molecule has 0 atom stereocenters. The van der Waals surface area contributed by atoms with E-state index in [1.807, 2.05) is 0 Å². The molecule has 27 heavy (non-hydrogen) atoms. The third-order valence-corrected chi connectivity index (χ3v) is 6.84. The molecule has 2 N–H and O–H groups in total. The number of piperidine rings is 1. The van der Waals surface area contributed by atoms with Crippen molar-refractivity contribution < 1.29 is 13.2 Å². The van der Waals surface area contributed by atoms with E-state index in [2.05, 4.69) is 15.3 Å². The van der Waals surface area contributed by atoms with Gasteiger partial charge in [-0.15, -0.1) is 0 Å². The molecule has 1 saturated heterocycles. The molecule has 0 bridgehead atoms. The Labute approximate surface area is 161 Å². The monoisotopic (exact) mass is 408 g/mol. The molecule has 8 nitrogen and oxygen atoms in total. The lowest BCUT2D eigenvalue weighted by Gasteiger charge is -2.26. The highest BCUT2D eigenvalue weighted by Crippen LogP contribution is 2.23. The van der Waals surface area contributed by atoms with E-state index >= 15 is 0 Å². The molecule has 3 rings (SSSR count). The molecule has 1 fully saturated rings. The highest BCUT2D eigenvalue weighted by Gasteiger charge is 2.26.